The third kappa shape index (κ3) is 4.22. The van der Waals surface area contributed by atoms with Gasteiger partial charge in [-0.1, -0.05) is 31.5 Å². The minimum Gasteiger partial charge on any atom is -0.350 e. The molecule has 2 aromatic heterocycles. The highest BCUT2D eigenvalue weighted by atomic mass is 32.1. The molecule has 4 nitrogen and oxygen atoms in total. The van der Waals surface area contributed by atoms with E-state index in [4.69, 9.17) is 0 Å². The average Bonchev–Trinajstić information content (AvgIpc) is 3.26. The van der Waals surface area contributed by atoms with E-state index in [-0.39, 0.29) is 11.9 Å². The van der Waals surface area contributed by atoms with Gasteiger partial charge < -0.3 is 5.32 Å². The Morgan fingerprint density at radius 1 is 1.23 bits per heavy atom. The van der Waals surface area contributed by atoms with Crippen LogP contribution in [0.5, 0.6) is 0 Å². The summed E-state index contributed by atoms with van der Waals surface area (Å²) in [5.74, 6) is -0.0452. The second-order valence-electron chi connectivity index (χ2n) is 6.56. The van der Waals surface area contributed by atoms with Crippen molar-refractivity contribution in [3.8, 4) is 0 Å². The van der Waals surface area contributed by atoms with Crippen LogP contribution in [-0.2, 0) is 6.42 Å². The number of hydrogen-bond donors (Lipinski definition) is 1. The molecule has 0 fully saturated rings. The predicted octanol–water partition coefficient (Wildman–Crippen LogP) is 4.53. The molecule has 5 heteroatoms. The second kappa shape index (κ2) is 8.32. The molecular weight excluding hydrogens is 342 g/mol. The zero-order valence-electron chi connectivity index (χ0n) is 15.5. The smallest absolute Gasteiger partial charge is 0.251 e. The van der Waals surface area contributed by atoms with Crippen molar-refractivity contribution in [2.75, 3.05) is 6.54 Å². The van der Waals surface area contributed by atoms with Gasteiger partial charge in [-0.15, -0.1) is 11.3 Å². The lowest BCUT2D eigenvalue weighted by Crippen LogP contribution is -2.31. The van der Waals surface area contributed by atoms with Gasteiger partial charge in [-0.25, -0.2) is 0 Å². The molecule has 0 saturated heterocycles. The molecule has 0 saturated carbocycles. The minimum atomic E-state index is -0.0452. The molecule has 0 aliphatic heterocycles. The molecule has 0 spiro atoms. The number of nitrogens with zero attached hydrogens (tertiary/aromatic N) is 2. The highest BCUT2D eigenvalue weighted by Gasteiger charge is 2.19. The van der Waals surface area contributed by atoms with Crippen molar-refractivity contribution in [3.63, 3.8) is 0 Å². The summed E-state index contributed by atoms with van der Waals surface area (Å²) in [5.41, 5.74) is 4.05. The van der Waals surface area contributed by atoms with Gasteiger partial charge in [0, 0.05) is 22.7 Å². The maximum atomic E-state index is 12.6. The van der Waals surface area contributed by atoms with E-state index in [0.717, 1.165) is 24.2 Å². The lowest BCUT2D eigenvalue weighted by Gasteiger charge is -2.19. The molecule has 2 heterocycles. The predicted molar refractivity (Wildman–Crippen MR) is 107 cm³/mol. The fourth-order valence-electron chi connectivity index (χ4n) is 3.15. The number of aryl methyl sites for hydroxylation is 3. The molecule has 0 radical (unpaired) electrons. The number of carbonyl (C=O) groups is 1. The number of rotatable bonds is 7. The Labute approximate surface area is 158 Å². The first-order valence-electron chi connectivity index (χ1n) is 9.01. The van der Waals surface area contributed by atoms with Crippen LogP contribution >= 0.6 is 11.3 Å². The zero-order chi connectivity index (χ0) is 18.5. The Morgan fingerprint density at radius 3 is 2.58 bits per heavy atom. The Morgan fingerprint density at radius 2 is 2.00 bits per heavy atom. The third-order valence-electron chi connectivity index (χ3n) is 4.42. The topological polar surface area (TPSA) is 46.9 Å². The summed E-state index contributed by atoms with van der Waals surface area (Å²) in [4.78, 5) is 13.8. The van der Waals surface area contributed by atoms with Crippen molar-refractivity contribution in [2.24, 2.45) is 0 Å². The lowest BCUT2D eigenvalue weighted by molar-refractivity contribution is 0.0949. The SMILES string of the molecule is CCCc1ccc(C(=O)NCC(c2cccs2)n2nc(C)cc2C)cc1. The highest BCUT2D eigenvalue weighted by Crippen LogP contribution is 2.24. The molecule has 136 valence electrons. The van der Waals surface area contributed by atoms with E-state index < -0.39 is 0 Å². The molecule has 3 rings (SSSR count). The lowest BCUT2D eigenvalue weighted by atomic mass is 10.1. The summed E-state index contributed by atoms with van der Waals surface area (Å²) < 4.78 is 2.01. The Bertz CT molecular complexity index is 850. The Balaban J connectivity index is 1.73. The van der Waals surface area contributed by atoms with Gasteiger partial charge in [0.1, 0.15) is 6.04 Å². The molecular formula is C21H25N3OS. The van der Waals surface area contributed by atoms with Gasteiger partial charge in [-0.2, -0.15) is 5.10 Å². The first-order valence-corrected chi connectivity index (χ1v) is 9.89. The van der Waals surface area contributed by atoms with E-state index in [2.05, 4.69) is 41.8 Å². The third-order valence-corrected chi connectivity index (χ3v) is 5.40. The van der Waals surface area contributed by atoms with Gasteiger partial charge in [0.05, 0.1) is 5.69 Å². The molecule has 0 bridgehead atoms. The van der Waals surface area contributed by atoms with Crippen molar-refractivity contribution >= 4 is 17.2 Å². The quantitative estimate of drug-likeness (QED) is 0.667. The first kappa shape index (κ1) is 18.4. The van der Waals surface area contributed by atoms with Crippen LogP contribution in [0.1, 0.15) is 51.6 Å². The molecule has 3 aromatic rings. The number of aromatic nitrogens is 2. The van der Waals surface area contributed by atoms with E-state index in [9.17, 15) is 4.79 Å². The molecule has 1 amide bonds. The zero-order valence-corrected chi connectivity index (χ0v) is 16.3. The molecule has 0 aliphatic rings. The van der Waals surface area contributed by atoms with Crippen LogP contribution in [-0.4, -0.2) is 22.2 Å². The number of amides is 1. The minimum absolute atomic E-state index is 0.00650. The summed E-state index contributed by atoms with van der Waals surface area (Å²) in [6.45, 7) is 6.71. The summed E-state index contributed by atoms with van der Waals surface area (Å²) in [7, 11) is 0. The van der Waals surface area contributed by atoms with Crippen molar-refractivity contribution in [1.29, 1.82) is 0 Å². The highest BCUT2D eigenvalue weighted by molar-refractivity contribution is 7.10. The molecule has 26 heavy (non-hydrogen) atoms. The van der Waals surface area contributed by atoms with Crippen molar-refractivity contribution in [3.05, 3.63) is 75.2 Å². The van der Waals surface area contributed by atoms with E-state index in [1.807, 2.05) is 41.9 Å². The monoisotopic (exact) mass is 367 g/mol. The van der Waals surface area contributed by atoms with Gasteiger partial charge in [-0.3, -0.25) is 9.48 Å². The van der Waals surface area contributed by atoms with Gasteiger partial charge in [-0.05, 0) is 55.5 Å². The van der Waals surface area contributed by atoms with E-state index in [1.54, 1.807) is 11.3 Å². The van der Waals surface area contributed by atoms with Crippen LogP contribution in [0.3, 0.4) is 0 Å². The maximum Gasteiger partial charge on any atom is 0.251 e. The van der Waals surface area contributed by atoms with E-state index in [1.165, 1.54) is 10.4 Å². The van der Waals surface area contributed by atoms with E-state index in [0.29, 0.717) is 12.1 Å². The fraction of sp³-hybridized carbons (Fsp3) is 0.333. The Kier molecular flexibility index (Phi) is 5.89. The van der Waals surface area contributed by atoms with Crippen LogP contribution < -0.4 is 5.32 Å². The van der Waals surface area contributed by atoms with Crippen LogP contribution in [0.25, 0.3) is 0 Å². The molecule has 1 aromatic carbocycles. The first-order chi connectivity index (χ1) is 12.6. The van der Waals surface area contributed by atoms with Gasteiger partial charge in [0.15, 0.2) is 0 Å². The summed E-state index contributed by atoms with van der Waals surface area (Å²) >= 11 is 1.69. The number of thiophene rings is 1. The normalized spacial score (nSPS) is 12.1. The van der Waals surface area contributed by atoms with Crippen LogP contribution in [0, 0.1) is 13.8 Å². The van der Waals surface area contributed by atoms with Crippen molar-refractivity contribution < 1.29 is 4.79 Å². The van der Waals surface area contributed by atoms with Gasteiger partial charge in [0.2, 0.25) is 0 Å². The molecule has 1 unspecified atom stereocenters. The van der Waals surface area contributed by atoms with Gasteiger partial charge in [0.25, 0.3) is 5.91 Å². The number of benzene rings is 1. The Hall–Kier alpha value is -2.40. The van der Waals surface area contributed by atoms with Crippen molar-refractivity contribution in [2.45, 2.75) is 39.7 Å². The van der Waals surface area contributed by atoms with Crippen LogP contribution in [0.4, 0.5) is 0 Å². The number of nitrogens with one attached hydrogen (secondary N) is 1. The fourth-order valence-corrected chi connectivity index (χ4v) is 3.96. The summed E-state index contributed by atoms with van der Waals surface area (Å²) in [5, 5.41) is 9.76. The average molecular weight is 368 g/mol. The van der Waals surface area contributed by atoms with E-state index >= 15 is 0 Å². The standard InChI is InChI=1S/C21H25N3OS/c1-4-6-17-8-10-18(11-9-17)21(25)22-14-19(20-7-5-12-26-20)24-16(3)13-15(2)23-24/h5,7-13,19H,4,6,14H2,1-3H3,(H,22,25). The number of hydrogen-bond acceptors (Lipinski definition) is 3. The maximum absolute atomic E-state index is 12.6. The number of carbonyl (C=O) groups excluding carboxylic acids is 1. The summed E-state index contributed by atoms with van der Waals surface area (Å²) in [6, 6.07) is 14.1. The van der Waals surface area contributed by atoms with Crippen LogP contribution in [0.15, 0.2) is 47.8 Å². The molecule has 1 N–H and O–H groups in total. The molecule has 0 aliphatic carbocycles. The van der Waals surface area contributed by atoms with Gasteiger partial charge >= 0.3 is 0 Å². The second-order valence-corrected chi connectivity index (χ2v) is 7.54. The largest absolute Gasteiger partial charge is 0.350 e. The summed E-state index contributed by atoms with van der Waals surface area (Å²) in [6.07, 6.45) is 2.15. The van der Waals surface area contributed by atoms with Crippen LogP contribution in [0.2, 0.25) is 0 Å². The molecule has 1 atom stereocenters. The van der Waals surface area contributed by atoms with Crippen molar-refractivity contribution in [1.82, 2.24) is 15.1 Å².